The molecule has 2 nitrogen and oxygen atoms in total. The molecule has 1 aromatic rings. The van der Waals surface area contributed by atoms with Crippen LogP contribution in [0, 0.1) is 0 Å². The summed E-state index contributed by atoms with van der Waals surface area (Å²) in [4.78, 5) is 4.08. The van der Waals surface area contributed by atoms with Gasteiger partial charge in [0.15, 0.2) is 0 Å². The number of hydrogen-bond acceptors (Lipinski definition) is 2. The van der Waals surface area contributed by atoms with Crippen LogP contribution in [0.25, 0.3) is 0 Å². The van der Waals surface area contributed by atoms with Crippen molar-refractivity contribution < 1.29 is 0 Å². The summed E-state index contributed by atoms with van der Waals surface area (Å²) in [6, 6.07) is 4.73. The van der Waals surface area contributed by atoms with Gasteiger partial charge in [-0.1, -0.05) is 24.5 Å². The molecule has 1 atom stereocenters. The molecule has 0 fully saturated rings. The van der Waals surface area contributed by atoms with E-state index in [1.54, 1.807) is 5.57 Å². The zero-order chi connectivity index (χ0) is 12.6. The molecule has 0 aliphatic heterocycles. The standard InChI is InChI=1S/C16H24N2/c1-17-16(13-14-9-11-18-12-10-14)15-7-5-3-2-4-6-8-15/h7,9-12,16-17H,2-6,8,13H2,1H3/b15-7+. The highest BCUT2D eigenvalue weighted by Gasteiger charge is 2.13. The molecule has 1 unspecified atom stereocenters. The molecule has 0 aromatic carbocycles. The van der Waals surface area contributed by atoms with Crippen LogP contribution in [0.1, 0.15) is 44.1 Å². The summed E-state index contributed by atoms with van der Waals surface area (Å²) in [6.45, 7) is 0. The van der Waals surface area contributed by atoms with E-state index in [4.69, 9.17) is 0 Å². The molecule has 1 heterocycles. The Labute approximate surface area is 111 Å². The average molecular weight is 244 g/mol. The molecule has 1 aliphatic carbocycles. The van der Waals surface area contributed by atoms with Gasteiger partial charge in [0.1, 0.15) is 0 Å². The normalized spacial score (nSPS) is 21.5. The highest BCUT2D eigenvalue weighted by molar-refractivity contribution is 5.19. The Balaban J connectivity index is 2.02. The van der Waals surface area contributed by atoms with Crippen LogP contribution in [0.5, 0.6) is 0 Å². The SMILES string of the molecule is CNC(Cc1ccncc1)/C1=C/CCCCCC1. The predicted octanol–water partition coefficient (Wildman–Crippen LogP) is 3.49. The van der Waals surface area contributed by atoms with E-state index in [9.17, 15) is 0 Å². The largest absolute Gasteiger partial charge is 0.313 e. The third-order valence-corrected chi connectivity index (χ3v) is 3.81. The van der Waals surface area contributed by atoms with Gasteiger partial charge in [-0.15, -0.1) is 0 Å². The minimum Gasteiger partial charge on any atom is -0.313 e. The molecule has 1 N–H and O–H groups in total. The lowest BCUT2D eigenvalue weighted by Gasteiger charge is -2.22. The first-order valence-electron chi connectivity index (χ1n) is 7.15. The third kappa shape index (κ3) is 3.95. The van der Waals surface area contributed by atoms with Crippen molar-refractivity contribution in [3.05, 3.63) is 41.7 Å². The number of nitrogens with one attached hydrogen (secondary N) is 1. The molecule has 0 bridgehead atoms. The van der Waals surface area contributed by atoms with Crippen molar-refractivity contribution in [2.45, 2.75) is 51.0 Å². The van der Waals surface area contributed by atoms with Crippen LogP contribution in [-0.4, -0.2) is 18.1 Å². The summed E-state index contributed by atoms with van der Waals surface area (Å²) in [6.07, 6.45) is 15.3. The van der Waals surface area contributed by atoms with Crippen molar-refractivity contribution in [1.29, 1.82) is 0 Å². The van der Waals surface area contributed by atoms with Crippen LogP contribution >= 0.6 is 0 Å². The Bertz CT molecular complexity index is 370. The maximum atomic E-state index is 4.08. The topological polar surface area (TPSA) is 24.9 Å². The van der Waals surface area contributed by atoms with Gasteiger partial charge in [-0.2, -0.15) is 0 Å². The number of nitrogens with zero attached hydrogens (tertiary/aromatic N) is 1. The van der Waals surface area contributed by atoms with Gasteiger partial charge < -0.3 is 5.32 Å². The lowest BCUT2D eigenvalue weighted by Crippen LogP contribution is -2.30. The van der Waals surface area contributed by atoms with Gasteiger partial charge in [0.25, 0.3) is 0 Å². The Kier molecular flexibility index (Phi) is 5.40. The van der Waals surface area contributed by atoms with Crippen LogP contribution in [0.3, 0.4) is 0 Å². The number of allylic oxidation sites excluding steroid dienone is 1. The lowest BCUT2D eigenvalue weighted by atomic mass is 9.91. The molecule has 0 saturated carbocycles. The first kappa shape index (κ1) is 13.3. The van der Waals surface area contributed by atoms with Gasteiger partial charge in [0, 0.05) is 18.4 Å². The van der Waals surface area contributed by atoms with Gasteiger partial charge in [0.2, 0.25) is 0 Å². The Hall–Kier alpha value is -1.15. The number of pyridine rings is 1. The minimum atomic E-state index is 0.491. The fraction of sp³-hybridized carbons (Fsp3) is 0.562. The number of aromatic nitrogens is 1. The quantitative estimate of drug-likeness (QED) is 0.820. The third-order valence-electron chi connectivity index (χ3n) is 3.81. The van der Waals surface area contributed by atoms with Crippen molar-refractivity contribution in [1.82, 2.24) is 10.3 Å². The van der Waals surface area contributed by atoms with E-state index in [1.807, 2.05) is 12.4 Å². The van der Waals surface area contributed by atoms with Crippen molar-refractivity contribution in [2.24, 2.45) is 0 Å². The second-order valence-corrected chi connectivity index (χ2v) is 5.13. The van der Waals surface area contributed by atoms with E-state index in [0.717, 1.165) is 6.42 Å². The van der Waals surface area contributed by atoms with Crippen molar-refractivity contribution >= 4 is 0 Å². The second-order valence-electron chi connectivity index (χ2n) is 5.13. The van der Waals surface area contributed by atoms with E-state index in [2.05, 4.69) is 35.6 Å². The molecule has 0 radical (unpaired) electrons. The first-order chi connectivity index (χ1) is 8.90. The van der Waals surface area contributed by atoms with Gasteiger partial charge in [0.05, 0.1) is 0 Å². The van der Waals surface area contributed by atoms with Crippen LogP contribution in [0.4, 0.5) is 0 Å². The predicted molar refractivity (Wildman–Crippen MR) is 76.6 cm³/mol. The zero-order valence-corrected chi connectivity index (χ0v) is 11.4. The van der Waals surface area contributed by atoms with Gasteiger partial charge in [-0.25, -0.2) is 0 Å². The minimum absolute atomic E-state index is 0.491. The van der Waals surface area contributed by atoms with Crippen molar-refractivity contribution in [3.8, 4) is 0 Å². The van der Waals surface area contributed by atoms with Crippen LogP contribution in [-0.2, 0) is 6.42 Å². The van der Waals surface area contributed by atoms with E-state index >= 15 is 0 Å². The van der Waals surface area contributed by atoms with Crippen LogP contribution in [0.15, 0.2) is 36.2 Å². The summed E-state index contributed by atoms with van der Waals surface area (Å²) in [5.74, 6) is 0. The maximum Gasteiger partial charge on any atom is 0.0317 e. The van der Waals surface area contributed by atoms with E-state index in [0.29, 0.717) is 6.04 Å². The summed E-state index contributed by atoms with van der Waals surface area (Å²) < 4.78 is 0. The number of likely N-dealkylation sites (N-methyl/N-ethyl adjacent to an activating group) is 1. The smallest absolute Gasteiger partial charge is 0.0317 e. The summed E-state index contributed by atoms with van der Waals surface area (Å²) in [5.41, 5.74) is 2.97. The lowest BCUT2D eigenvalue weighted by molar-refractivity contribution is 0.557. The Morgan fingerprint density at radius 3 is 2.72 bits per heavy atom. The fourth-order valence-corrected chi connectivity index (χ4v) is 2.71. The van der Waals surface area contributed by atoms with E-state index in [-0.39, 0.29) is 0 Å². The summed E-state index contributed by atoms with van der Waals surface area (Å²) >= 11 is 0. The molecule has 2 heteroatoms. The number of rotatable bonds is 4. The Morgan fingerprint density at radius 2 is 1.94 bits per heavy atom. The zero-order valence-electron chi connectivity index (χ0n) is 11.4. The van der Waals surface area contributed by atoms with Gasteiger partial charge >= 0.3 is 0 Å². The molecular weight excluding hydrogens is 220 g/mol. The van der Waals surface area contributed by atoms with Crippen LogP contribution < -0.4 is 5.32 Å². The van der Waals surface area contributed by atoms with Gasteiger partial charge in [-0.3, -0.25) is 4.98 Å². The molecule has 1 aliphatic rings. The molecule has 2 rings (SSSR count). The van der Waals surface area contributed by atoms with Crippen LogP contribution in [0.2, 0.25) is 0 Å². The van der Waals surface area contributed by atoms with E-state index in [1.165, 1.54) is 44.1 Å². The van der Waals surface area contributed by atoms with Crippen molar-refractivity contribution in [2.75, 3.05) is 7.05 Å². The van der Waals surface area contributed by atoms with Gasteiger partial charge in [-0.05, 0) is 56.8 Å². The molecule has 1 aromatic heterocycles. The molecule has 98 valence electrons. The van der Waals surface area contributed by atoms with E-state index < -0.39 is 0 Å². The molecule has 0 spiro atoms. The number of hydrogen-bond donors (Lipinski definition) is 1. The highest BCUT2D eigenvalue weighted by atomic mass is 14.9. The molecule has 18 heavy (non-hydrogen) atoms. The molecule has 0 saturated heterocycles. The van der Waals surface area contributed by atoms with Crippen molar-refractivity contribution in [3.63, 3.8) is 0 Å². The molecule has 0 amide bonds. The summed E-state index contributed by atoms with van der Waals surface area (Å²) in [5, 5.41) is 3.48. The average Bonchev–Trinajstić information content (AvgIpc) is 2.37. The highest BCUT2D eigenvalue weighted by Crippen LogP contribution is 2.21. The maximum absolute atomic E-state index is 4.08. The Morgan fingerprint density at radius 1 is 1.17 bits per heavy atom. The fourth-order valence-electron chi connectivity index (χ4n) is 2.71. The monoisotopic (exact) mass is 244 g/mol. The molecular formula is C16H24N2. The first-order valence-corrected chi connectivity index (χ1v) is 7.15. The second kappa shape index (κ2) is 7.32. The summed E-state index contributed by atoms with van der Waals surface area (Å²) in [7, 11) is 2.07.